The minimum Gasteiger partial charge on any atom is -0.286 e. The van der Waals surface area contributed by atoms with Gasteiger partial charge in [0.1, 0.15) is 0 Å². The van der Waals surface area contributed by atoms with E-state index in [4.69, 9.17) is 4.99 Å². The van der Waals surface area contributed by atoms with Gasteiger partial charge in [-0.05, 0) is 17.7 Å². The molecule has 0 amide bonds. The van der Waals surface area contributed by atoms with Crippen molar-refractivity contribution >= 4 is 14.3 Å². The molecule has 0 fully saturated rings. The highest BCUT2D eigenvalue weighted by Gasteiger charge is 2.27. The van der Waals surface area contributed by atoms with Crippen LogP contribution in [-0.2, 0) is 0 Å². The zero-order valence-corrected chi connectivity index (χ0v) is 12.7. The molecule has 2 rings (SSSR count). The van der Waals surface area contributed by atoms with E-state index >= 15 is 0 Å². The van der Waals surface area contributed by atoms with E-state index in [0.717, 1.165) is 5.69 Å². The Kier molecular flexibility index (Phi) is 4.27. The minimum absolute atomic E-state index is 0.274. The highest BCUT2D eigenvalue weighted by Crippen LogP contribution is 2.28. The highest BCUT2D eigenvalue weighted by atomic mass is 28.3. The number of hydrogen-bond acceptors (Lipinski definition) is 2. The minimum atomic E-state index is -1.41. The van der Waals surface area contributed by atoms with Crippen molar-refractivity contribution in [3.63, 3.8) is 0 Å². The number of hydrogen-bond donors (Lipinski definition) is 0. The largest absolute Gasteiger partial charge is 0.286 e. The molecule has 19 heavy (non-hydrogen) atoms. The van der Waals surface area contributed by atoms with Crippen molar-refractivity contribution in [1.29, 1.82) is 0 Å². The average molecular weight is 268 g/mol. The van der Waals surface area contributed by atoms with Crippen LogP contribution in [0.2, 0.25) is 19.6 Å². The van der Waals surface area contributed by atoms with E-state index in [2.05, 4.69) is 48.9 Å². The van der Waals surface area contributed by atoms with Crippen LogP contribution in [0.5, 0.6) is 0 Å². The standard InChI is InChI=1S/C16H20N2Si/c1-19(2,3)16(14-9-5-4-6-10-14)18-13-15-11-7-8-12-17-15/h4-13,16H,1-3H3/b18-13+. The first kappa shape index (κ1) is 13.7. The monoisotopic (exact) mass is 268 g/mol. The molecule has 0 saturated heterocycles. The Labute approximate surface area is 116 Å². The topological polar surface area (TPSA) is 25.2 Å². The summed E-state index contributed by atoms with van der Waals surface area (Å²) in [5.74, 6) is 0. The van der Waals surface area contributed by atoms with Crippen LogP contribution in [0.15, 0.2) is 59.7 Å². The fraction of sp³-hybridized carbons (Fsp3) is 0.250. The fourth-order valence-corrected chi connectivity index (χ4v) is 3.76. The Hall–Kier alpha value is -1.74. The smallest absolute Gasteiger partial charge is 0.0807 e. The van der Waals surface area contributed by atoms with Crippen molar-refractivity contribution in [2.24, 2.45) is 4.99 Å². The van der Waals surface area contributed by atoms with Gasteiger partial charge in [0.25, 0.3) is 0 Å². The van der Waals surface area contributed by atoms with Crippen LogP contribution in [-0.4, -0.2) is 19.3 Å². The molecule has 0 bridgehead atoms. The third-order valence-corrected chi connectivity index (χ3v) is 5.10. The maximum Gasteiger partial charge on any atom is 0.0807 e. The van der Waals surface area contributed by atoms with E-state index in [9.17, 15) is 0 Å². The normalized spacial score (nSPS) is 13.6. The number of benzene rings is 1. The van der Waals surface area contributed by atoms with E-state index in [-0.39, 0.29) is 5.67 Å². The molecule has 1 atom stereocenters. The Balaban J connectivity index is 2.28. The molecule has 0 spiro atoms. The second-order valence-corrected chi connectivity index (χ2v) is 11.0. The molecule has 1 aromatic heterocycles. The summed E-state index contributed by atoms with van der Waals surface area (Å²) in [6, 6.07) is 16.4. The third-order valence-electron chi connectivity index (χ3n) is 2.98. The van der Waals surface area contributed by atoms with Crippen molar-refractivity contribution in [1.82, 2.24) is 4.98 Å². The summed E-state index contributed by atoms with van der Waals surface area (Å²) in [6.07, 6.45) is 3.70. The maximum atomic E-state index is 4.81. The molecule has 0 aliphatic carbocycles. The van der Waals surface area contributed by atoms with Gasteiger partial charge in [-0.1, -0.05) is 56.0 Å². The van der Waals surface area contributed by atoms with Gasteiger partial charge < -0.3 is 0 Å². The van der Waals surface area contributed by atoms with E-state index < -0.39 is 8.07 Å². The molecule has 2 nitrogen and oxygen atoms in total. The molecular formula is C16H20N2Si. The number of nitrogens with zero attached hydrogens (tertiary/aromatic N) is 2. The van der Waals surface area contributed by atoms with Crippen LogP contribution >= 0.6 is 0 Å². The van der Waals surface area contributed by atoms with Crippen molar-refractivity contribution in [2.45, 2.75) is 25.3 Å². The fourth-order valence-electron chi connectivity index (χ4n) is 2.05. The van der Waals surface area contributed by atoms with Gasteiger partial charge >= 0.3 is 0 Å². The lowest BCUT2D eigenvalue weighted by molar-refractivity contribution is 0.965. The average Bonchev–Trinajstić information content (AvgIpc) is 2.40. The Morgan fingerprint density at radius 2 is 1.68 bits per heavy atom. The lowest BCUT2D eigenvalue weighted by Crippen LogP contribution is -2.29. The SMILES string of the molecule is C[Si](C)(C)C(/N=C/c1ccccn1)c1ccccc1. The van der Waals surface area contributed by atoms with E-state index in [0.29, 0.717) is 0 Å². The molecule has 0 saturated carbocycles. The number of aliphatic imine (C=N–C) groups is 1. The first-order chi connectivity index (χ1) is 9.07. The van der Waals surface area contributed by atoms with Gasteiger partial charge in [0.05, 0.1) is 19.4 Å². The summed E-state index contributed by atoms with van der Waals surface area (Å²) in [5.41, 5.74) is 2.49. The van der Waals surface area contributed by atoms with Crippen molar-refractivity contribution in [2.75, 3.05) is 0 Å². The Morgan fingerprint density at radius 3 is 2.26 bits per heavy atom. The molecule has 0 N–H and O–H groups in total. The second-order valence-electron chi connectivity index (χ2n) is 5.71. The molecule has 2 aromatic rings. The van der Waals surface area contributed by atoms with E-state index in [1.54, 1.807) is 6.20 Å². The first-order valence-electron chi connectivity index (χ1n) is 6.56. The van der Waals surface area contributed by atoms with Gasteiger partial charge in [0.15, 0.2) is 0 Å². The Morgan fingerprint density at radius 1 is 1.00 bits per heavy atom. The summed E-state index contributed by atoms with van der Waals surface area (Å²) in [6.45, 7) is 7.04. The molecule has 1 unspecified atom stereocenters. The van der Waals surface area contributed by atoms with Gasteiger partial charge in [-0.25, -0.2) is 0 Å². The van der Waals surface area contributed by atoms with Crippen LogP contribution in [0.4, 0.5) is 0 Å². The zero-order valence-electron chi connectivity index (χ0n) is 11.7. The predicted octanol–water partition coefficient (Wildman–Crippen LogP) is 4.12. The van der Waals surface area contributed by atoms with Gasteiger partial charge in [-0.15, -0.1) is 0 Å². The summed E-state index contributed by atoms with van der Waals surface area (Å²) in [5, 5.41) is 0. The van der Waals surface area contributed by atoms with Crippen molar-refractivity contribution in [3.05, 3.63) is 66.0 Å². The molecule has 98 valence electrons. The van der Waals surface area contributed by atoms with E-state index in [1.807, 2.05) is 30.5 Å². The van der Waals surface area contributed by atoms with E-state index in [1.165, 1.54) is 5.56 Å². The summed E-state index contributed by atoms with van der Waals surface area (Å²) in [7, 11) is -1.41. The molecule has 1 heterocycles. The summed E-state index contributed by atoms with van der Waals surface area (Å²) in [4.78, 5) is 9.10. The Bertz CT molecular complexity index is 530. The molecule has 0 radical (unpaired) electrons. The lowest BCUT2D eigenvalue weighted by Gasteiger charge is -2.25. The second kappa shape index (κ2) is 5.93. The quantitative estimate of drug-likeness (QED) is 0.605. The van der Waals surface area contributed by atoms with Crippen molar-refractivity contribution < 1.29 is 0 Å². The molecule has 0 aliphatic heterocycles. The first-order valence-corrected chi connectivity index (χ1v) is 10.1. The van der Waals surface area contributed by atoms with Crippen LogP contribution < -0.4 is 0 Å². The summed E-state index contributed by atoms with van der Waals surface area (Å²) >= 11 is 0. The van der Waals surface area contributed by atoms with Gasteiger partial charge in [-0.2, -0.15) is 0 Å². The maximum absolute atomic E-state index is 4.81. The number of rotatable bonds is 4. The highest BCUT2D eigenvalue weighted by molar-refractivity contribution is 6.77. The molecule has 0 aliphatic rings. The molecule has 1 aromatic carbocycles. The third kappa shape index (κ3) is 3.86. The van der Waals surface area contributed by atoms with Crippen LogP contribution in [0, 0.1) is 0 Å². The van der Waals surface area contributed by atoms with Crippen LogP contribution in [0.1, 0.15) is 16.9 Å². The predicted molar refractivity (Wildman–Crippen MR) is 84.4 cm³/mol. The van der Waals surface area contributed by atoms with Gasteiger partial charge in [-0.3, -0.25) is 9.98 Å². The molecular weight excluding hydrogens is 248 g/mol. The lowest BCUT2D eigenvalue weighted by atomic mass is 10.2. The molecule has 3 heteroatoms. The van der Waals surface area contributed by atoms with Gasteiger partial charge in [0, 0.05) is 12.4 Å². The number of aromatic nitrogens is 1. The summed E-state index contributed by atoms with van der Waals surface area (Å²) < 4.78 is 0. The van der Waals surface area contributed by atoms with Crippen LogP contribution in [0.25, 0.3) is 0 Å². The number of pyridine rings is 1. The zero-order chi connectivity index (χ0) is 13.7. The van der Waals surface area contributed by atoms with Crippen LogP contribution in [0.3, 0.4) is 0 Å². The van der Waals surface area contributed by atoms with Gasteiger partial charge in [0.2, 0.25) is 0 Å². The van der Waals surface area contributed by atoms with Crippen molar-refractivity contribution in [3.8, 4) is 0 Å².